The Labute approximate surface area is 177 Å². The Kier molecular flexibility index (Phi) is 3.95. The van der Waals surface area contributed by atoms with Crippen molar-refractivity contribution in [2.45, 2.75) is 63.9 Å². The molecule has 5 heteroatoms. The van der Waals surface area contributed by atoms with Gasteiger partial charge in [-0.2, -0.15) is 0 Å². The molecule has 0 aliphatic heterocycles. The predicted octanol–water partition coefficient (Wildman–Crippen LogP) is 4.56. The van der Waals surface area contributed by atoms with Crippen molar-refractivity contribution in [3.63, 3.8) is 0 Å². The average Bonchev–Trinajstić information content (AvgIpc) is 3.59. The molecule has 0 unspecified atom stereocenters. The zero-order valence-corrected chi connectivity index (χ0v) is 17.6. The maximum absolute atomic E-state index is 12.1. The van der Waals surface area contributed by atoms with Crippen LogP contribution >= 0.6 is 0 Å². The molecule has 2 N–H and O–H groups in total. The number of allylic oxidation sites excluding steroid dienone is 1. The zero-order chi connectivity index (χ0) is 20.8. The Hall–Kier alpha value is -1.62. The van der Waals surface area contributed by atoms with Gasteiger partial charge in [-0.15, -0.1) is 0 Å². The van der Waals surface area contributed by atoms with Crippen molar-refractivity contribution in [3.05, 3.63) is 24.0 Å². The molecule has 162 valence electrons. The fourth-order valence-electron chi connectivity index (χ4n) is 8.83. The highest BCUT2D eigenvalue weighted by atomic mass is 16.7. The highest BCUT2D eigenvalue weighted by Crippen LogP contribution is 2.77. The van der Waals surface area contributed by atoms with Gasteiger partial charge in [-0.25, -0.2) is 4.79 Å². The molecule has 6 aliphatic rings. The zero-order valence-electron chi connectivity index (χ0n) is 17.6. The summed E-state index contributed by atoms with van der Waals surface area (Å²) in [6.45, 7) is 2.25. The maximum Gasteiger partial charge on any atom is 0.510 e. The second kappa shape index (κ2) is 6.21. The van der Waals surface area contributed by atoms with Crippen molar-refractivity contribution in [1.29, 1.82) is 0 Å². The van der Waals surface area contributed by atoms with Crippen molar-refractivity contribution in [2.24, 2.45) is 52.8 Å². The van der Waals surface area contributed by atoms with Gasteiger partial charge >= 0.3 is 6.16 Å². The molecule has 0 heterocycles. The van der Waals surface area contributed by atoms with E-state index < -0.39 is 11.8 Å². The lowest BCUT2D eigenvalue weighted by Crippen LogP contribution is -2.56. The van der Waals surface area contributed by atoms with Crippen LogP contribution in [0.3, 0.4) is 0 Å². The van der Waals surface area contributed by atoms with Crippen LogP contribution < -0.4 is 0 Å². The molecule has 6 rings (SSSR count). The first kappa shape index (κ1) is 19.1. The second-order valence-electron chi connectivity index (χ2n) is 11.3. The molecule has 5 saturated carbocycles. The third-order valence-corrected chi connectivity index (χ3v) is 10.1. The van der Waals surface area contributed by atoms with Crippen LogP contribution in [0, 0.1) is 52.8 Å². The van der Waals surface area contributed by atoms with Gasteiger partial charge in [-0.05, 0) is 104 Å². The Morgan fingerprint density at radius 1 is 1.20 bits per heavy atom. The lowest BCUT2D eigenvalue weighted by atomic mass is 9.46. The van der Waals surface area contributed by atoms with Crippen LogP contribution in [0.1, 0.15) is 58.3 Å². The normalized spacial score (nSPS) is 51.5. The molecule has 0 aromatic carbocycles. The second-order valence-corrected chi connectivity index (χ2v) is 11.3. The Bertz CT molecular complexity index is 856. The number of carbonyl (C=O) groups is 2. The minimum Gasteiger partial charge on any atom is -0.449 e. The standard InChI is InChI=1S/C25H32O5/c1-24-7-6-17-16-5-4-15(26)10-14(16)11-18(13-2-3-13)21(17)22(24)19-12-20(19)25(24,29)8-9-30-23(27)28/h8-10,13,16-22,29H,2-7,11-12H2,1H3,(H,27,28)/b9-8-/t16-,17+,18-,19-,20+,21-,22-,24-,25-/m0/s1. The largest absolute Gasteiger partial charge is 0.510 e. The van der Waals surface area contributed by atoms with Gasteiger partial charge in [0, 0.05) is 11.8 Å². The smallest absolute Gasteiger partial charge is 0.449 e. The van der Waals surface area contributed by atoms with Crippen LogP contribution in [-0.4, -0.2) is 27.8 Å². The minimum atomic E-state index is -1.34. The minimum absolute atomic E-state index is 0.223. The SMILES string of the molecule is C[C@]12CC[C@H]3[C@H]([C@@H]1[C@H]1C[C@H]1[C@@]2(O)/C=C\OC(=O)O)[C@H](C1CC1)CC1=CC(=O)CC[C@@H]13. The first-order chi connectivity index (χ1) is 14.3. The molecule has 0 radical (unpaired) electrons. The number of rotatable bonds is 3. The fourth-order valence-corrected chi connectivity index (χ4v) is 8.83. The molecule has 0 aromatic rings. The van der Waals surface area contributed by atoms with E-state index in [4.69, 9.17) is 5.11 Å². The number of carboxylic acid groups (broad SMARTS) is 1. The van der Waals surface area contributed by atoms with Crippen molar-refractivity contribution in [2.75, 3.05) is 0 Å². The molecule has 30 heavy (non-hydrogen) atoms. The molecular weight excluding hydrogens is 380 g/mol. The number of aliphatic hydroxyl groups is 1. The molecule has 9 atom stereocenters. The van der Waals surface area contributed by atoms with E-state index in [9.17, 15) is 14.7 Å². The van der Waals surface area contributed by atoms with E-state index >= 15 is 0 Å². The number of fused-ring (bicyclic) bond motifs is 7. The third-order valence-electron chi connectivity index (χ3n) is 10.1. The summed E-state index contributed by atoms with van der Waals surface area (Å²) in [5, 5.41) is 20.7. The van der Waals surface area contributed by atoms with Gasteiger partial charge in [0.1, 0.15) is 0 Å². The third kappa shape index (κ3) is 2.50. The Morgan fingerprint density at radius 2 is 2.00 bits per heavy atom. The summed E-state index contributed by atoms with van der Waals surface area (Å²) in [5.74, 6) is 4.84. The van der Waals surface area contributed by atoms with E-state index in [0.717, 1.165) is 38.0 Å². The lowest BCUT2D eigenvalue weighted by molar-refractivity contribution is -0.130. The van der Waals surface area contributed by atoms with E-state index in [2.05, 4.69) is 11.7 Å². The van der Waals surface area contributed by atoms with E-state index in [-0.39, 0.29) is 11.3 Å². The number of carbonyl (C=O) groups excluding carboxylic acids is 1. The van der Waals surface area contributed by atoms with Crippen LogP contribution in [0.2, 0.25) is 0 Å². The Balaban J connectivity index is 1.37. The number of ether oxygens (including phenoxy) is 1. The van der Waals surface area contributed by atoms with E-state index in [1.807, 2.05) is 6.08 Å². The van der Waals surface area contributed by atoms with Gasteiger partial charge in [0.2, 0.25) is 0 Å². The summed E-state index contributed by atoms with van der Waals surface area (Å²) in [5.41, 5.74) is 0.234. The quantitative estimate of drug-likeness (QED) is 0.524. The van der Waals surface area contributed by atoms with Gasteiger partial charge in [0.25, 0.3) is 0 Å². The summed E-state index contributed by atoms with van der Waals surface area (Å²) in [7, 11) is 0. The molecule has 0 saturated heterocycles. The fraction of sp³-hybridized carbons (Fsp3) is 0.760. The monoisotopic (exact) mass is 412 g/mol. The highest BCUT2D eigenvalue weighted by Gasteiger charge is 2.76. The summed E-state index contributed by atoms with van der Waals surface area (Å²) < 4.78 is 4.65. The van der Waals surface area contributed by atoms with E-state index in [0.29, 0.717) is 47.7 Å². The van der Waals surface area contributed by atoms with E-state index in [1.165, 1.54) is 24.7 Å². The van der Waals surface area contributed by atoms with Crippen LogP contribution in [0.5, 0.6) is 0 Å². The first-order valence-corrected chi connectivity index (χ1v) is 11.9. The Morgan fingerprint density at radius 3 is 2.73 bits per heavy atom. The summed E-state index contributed by atoms with van der Waals surface area (Å²) in [6, 6.07) is 0. The van der Waals surface area contributed by atoms with Gasteiger partial charge < -0.3 is 14.9 Å². The molecular formula is C25H32O5. The van der Waals surface area contributed by atoms with Crippen LogP contribution in [0.15, 0.2) is 24.0 Å². The van der Waals surface area contributed by atoms with Gasteiger partial charge in [-0.3, -0.25) is 4.79 Å². The maximum atomic E-state index is 12.1. The molecule has 5 nitrogen and oxygen atoms in total. The topological polar surface area (TPSA) is 83.8 Å². The molecule has 0 aromatic heterocycles. The van der Waals surface area contributed by atoms with Crippen molar-refractivity contribution >= 4 is 11.9 Å². The predicted molar refractivity (Wildman–Crippen MR) is 109 cm³/mol. The summed E-state index contributed by atoms with van der Waals surface area (Å²) in [6.07, 6.45) is 12.0. The molecule has 0 spiro atoms. The molecule has 6 aliphatic carbocycles. The average molecular weight is 413 g/mol. The van der Waals surface area contributed by atoms with Crippen LogP contribution in [0.4, 0.5) is 4.79 Å². The molecule has 0 bridgehead atoms. The molecule has 5 fully saturated rings. The van der Waals surface area contributed by atoms with Gasteiger partial charge in [0.05, 0.1) is 11.9 Å². The van der Waals surface area contributed by atoms with Gasteiger partial charge in [0.15, 0.2) is 5.78 Å². The highest BCUT2D eigenvalue weighted by molar-refractivity contribution is 5.91. The number of hydrogen-bond donors (Lipinski definition) is 2. The summed E-state index contributed by atoms with van der Waals surface area (Å²) >= 11 is 0. The number of ketones is 1. The first-order valence-electron chi connectivity index (χ1n) is 11.9. The van der Waals surface area contributed by atoms with Crippen LogP contribution in [0.25, 0.3) is 0 Å². The number of hydrogen-bond acceptors (Lipinski definition) is 4. The summed E-state index contributed by atoms with van der Waals surface area (Å²) in [4.78, 5) is 22.9. The molecule has 0 amide bonds. The van der Waals surface area contributed by atoms with E-state index in [1.54, 1.807) is 6.08 Å². The van der Waals surface area contributed by atoms with Gasteiger partial charge in [-0.1, -0.05) is 12.5 Å². The lowest BCUT2D eigenvalue weighted by Gasteiger charge is -2.59. The van der Waals surface area contributed by atoms with Crippen molar-refractivity contribution < 1.29 is 24.5 Å². The van der Waals surface area contributed by atoms with Crippen molar-refractivity contribution in [1.82, 2.24) is 0 Å². The van der Waals surface area contributed by atoms with Crippen LogP contribution in [-0.2, 0) is 9.53 Å². The van der Waals surface area contributed by atoms with Crippen molar-refractivity contribution in [3.8, 4) is 0 Å².